The number of nitrogens with zero attached hydrogens (tertiary/aromatic N) is 2. The van der Waals surface area contributed by atoms with Crippen LogP contribution >= 0.6 is 0 Å². The van der Waals surface area contributed by atoms with Gasteiger partial charge < -0.3 is 19.9 Å². The maximum Gasteiger partial charge on any atom is 0.317 e. The van der Waals surface area contributed by atoms with E-state index in [1.165, 1.54) is 18.2 Å². The number of ether oxygens (including phenoxy) is 1. The maximum absolute atomic E-state index is 13.5. The van der Waals surface area contributed by atoms with Gasteiger partial charge in [0.2, 0.25) is 0 Å². The first-order valence-corrected chi connectivity index (χ1v) is 7.77. The molecule has 2 unspecified atom stereocenters. The zero-order valence-electron chi connectivity index (χ0n) is 13.2. The molecule has 0 spiro atoms. The smallest absolute Gasteiger partial charge is 0.317 e. The Kier molecular flexibility index (Phi) is 4.11. The monoisotopic (exact) mass is 321 g/mol. The molecule has 2 aliphatic heterocycles. The molecular weight excluding hydrogens is 301 g/mol. The molecular formula is C16H20FN3O3. The molecule has 0 aliphatic carbocycles. The third-order valence-corrected chi connectivity index (χ3v) is 4.32. The summed E-state index contributed by atoms with van der Waals surface area (Å²) in [6.45, 7) is 3.36. The molecule has 23 heavy (non-hydrogen) atoms. The van der Waals surface area contributed by atoms with E-state index in [1.807, 2.05) is 6.92 Å². The second kappa shape index (κ2) is 6.06. The number of carbonyl (C=O) groups is 2. The quantitative estimate of drug-likeness (QED) is 0.897. The van der Waals surface area contributed by atoms with Crippen LogP contribution in [0.15, 0.2) is 18.2 Å². The summed E-state index contributed by atoms with van der Waals surface area (Å²) in [5, 5.41) is 2.82. The number of rotatable bonds is 2. The van der Waals surface area contributed by atoms with Crippen molar-refractivity contribution in [1.82, 2.24) is 15.1 Å². The first kappa shape index (κ1) is 15.6. The lowest BCUT2D eigenvalue weighted by molar-refractivity contribution is 0.0682. The average Bonchev–Trinajstić information content (AvgIpc) is 2.91. The highest BCUT2D eigenvalue weighted by Gasteiger charge is 2.43. The molecule has 2 atom stereocenters. The Morgan fingerprint density at radius 2 is 2.22 bits per heavy atom. The fraction of sp³-hybridized carbons (Fsp3) is 0.500. The van der Waals surface area contributed by atoms with Crippen molar-refractivity contribution in [2.24, 2.45) is 0 Å². The van der Waals surface area contributed by atoms with Crippen LogP contribution in [0, 0.1) is 5.82 Å². The molecule has 1 aromatic rings. The van der Waals surface area contributed by atoms with Gasteiger partial charge in [-0.3, -0.25) is 4.79 Å². The largest absolute Gasteiger partial charge is 0.485 e. The summed E-state index contributed by atoms with van der Waals surface area (Å²) in [4.78, 5) is 27.9. The fourth-order valence-electron chi connectivity index (χ4n) is 3.03. The fourth-order valence-corrected chi connectivity index (χ4v) is 3.03. The van der Waals surface area contributed by atoms with E-state index in [0.29, 0.717) is 25.2 Å². The van der Waals surface area contributed by atoms with Crippen molar-refractivity contribution < 1.29 is 18.7 Å². The lowest BCUT2D eigenvalue weighted by Gasteiger charge is -2.25. The number of benzene rings is 1. The number of halogens is 1. The number of hydrogen-bond acceptors (Lipinski definition) is 3. The Labute approximate surface area is 134 Å². The standard InChI is InChI=1S/C16H20FN3O3/c1-3-6-18-16(22)20-8-12-14(9-20)23-13-7-10(17)4-5-11(13)15(21)19(12)2/h4-5,7,12,14H,3,6,8-9H2,1-2H3,(H,18,22). The van der Waals surface area contributed by atoms with E-state index in [9.17, 15) is 14.0 Å². The first-order valence-electron chi connectivity index (χ1n) is 7.77. The van der Waals surface area contributed by atoms with Gasteiger partial charge in [-0.05, 0) is 18.6 Å². The molecule has 7 heteroatoms. The van der Waals surface area contributed by atoms with Crippen molar-refractivity contribution in [3.63, 3.8) is 0 Å². The Morgan fingerprint density at radius 3 is 2.96 bits per heavy atom. The van der Waals surface area contributed by atoms with Gasteiger partial charge in [-0.1, -0.05) is 6.92 Å². The van der Waals surface area contributed by atoms with Crippen molar-refractivity contribution >= 4 is 11.9 Å². The van der Waals surface area contributed by atoms with Crippen LogP contribution < -0.4 is 10.1 Å². The average molecular weight is 321 g/mol. The minimum absolute atomic E-state index is 0.163. The van der Waals surface area contributed by atoms with E-state index in [2.05, 4.69) is 5.32 Å². The maximum atomic E-state index is 13.5. The van der Waals surface area contributed by atoms with Crippen LogP contribution in [0.4, 0.5) is 9.18 Å². The SMILES string of the molecule is CCCNC(=O)N1CC2Oc3cc(F)ccc3C(=O)N(C)C2C1. The predicted molar refractivity (Wildman–Crippen MR) is 82.0 cm³/mol. The van der Waals surface area contributed by atoms with E-state index in [1.54, 1.807) is 16.8 Å². The molecule has 3 amide bonds. The second-order valence-electron chi connectivity index (χ2n) is 5.92. The number of fused-ring (bicyclic) bond motifs is 2. The van der Waals surface area contributed by atoms with Crippen LogP contribution in [0.25, 0.3) is 0 Å². The summed E-state index contributed by atoms with van der Waals surface area (Å²) in [5.41, 5.74) is 0.352. The Bertz CT molecular complexity index is 637. The highest BCUT2D eigenvalue weighted by Crippen LogP contribution is 2.31. The van der Waals surface area contributed by atoms with Crippen LogP contribution in [0.2, 0.25) is 0 Å². The number of urea groups is 1. The molecule has 0 aromatic heterocycles. The van der Waals surface area contributed by atoms with Gasteiger partial charge in [0.05, 0.1) is 18.2 Å². The summed E-state index contributed by atoms with van der Waals surface area (Å²) in [7, 11) is 1.69. The Balaban J connectivity index is 1.83. The molecule has 1 fully saturated rings. The summed E-state index contributed by atoms with van der Waals surface area (Å²) in [6, 6.07) is 3.51. The van der Waals surface area contributed by atoms with Crippen LogP contribution in [0.5, 0.6) is 5.75 Å². The summed E-state index contributed by atoms with van der Waals surface area (Å²) in [5.74, 6) is -0.429. The predicted octanol–water partition coefficient (Wildman–Crippen LogP) is 1.46. The van der Waals surface area contributed by atoms with Gasteiger partial charge in [-0.15, -0.1) is 0 Å². The molecule has 124 valence electrons. The number of likely N-dealkylation sites (tertiary alicyclic amines) is 1. The second-order valence-corrected chi connectivity index (χ2v) is 5.92. The molecule has 2 heterocycles. The molecule has 6 nitrogen and oxygen atoms in total. The van der Waals surface area contributed by atoms with Gasteiger partial charge in [0.25, 0.3) is 5.91 Å². The highest BCUT2D eigenvalue weighted by atomic mass is 19.1. The molecule has 1 N–H and O–H groups in total. The summed E-state index contributed by atoms with van der Waals surface area (Å²) < 4.78 is 19.3. The van der Waals surface area contributed by atoms with Crippen molar-refractivity contribution in [2.75, 3.05) is 26.7 Å². The van der Waals surface area contributed by atoms with Crippen molar-refractivity contribution in [3.05, 3.63) is 29.6 Å². The lowest BCUT2D eigenvalue weighted by atomic mass is 10.1. The van der Waals surface area contributed by atoms with E-state index in [-0.39, 0.29) is 29.8 Å². The lowest BCUT2D eigenvalue weighted by Crippen LogP contribution is -2.44. The number of nitrogens with one attached hydrogen (secondary N) is 1. The summed E-state index contributed by atoms with van der Waals surface area (Å²) >= 11 is 0. The number of amides is 3. The Hall–Kier alpha value is -2.31. The van der Waals surface area contributed by atoms with E-state index >= 15 is 0 Å². The minimum atomic E-state index is -0.451. The number of likely N-dealkylation sites (N-methyl/N-ethyl adjacent to an activating group) is 1. The van der Waals surface area contributed by atoms with Crippen molar-refractivity contribution in [3.8, 4) is 5.75 Å². The molecule has 1 aromatic carbocycles. The van der Waals surface area contributed by atoms with Crippen LogP contribution in [-0.4, -0.2) is 60.6 Å². The molecule has 0 bridgehead atoms. The van der Waals surface area contributed by atoms with Gasteiger partial charge in [0, 0.05) is 26.2 Å². The third kappa shape index (κ3) is 2.83. The minimum Gasteiger partial charge on any atom is -0.485 e. The molecule has 0 saturated carbocycles. The Morgan fingerprint density at radius 1 is 1.43 bits per heavy atom. The van der Waals surface area contributed by atoms with E-state index in [0.717, 1.165) is 6.42 Å². The summed E-state index contributed by atoms with van der Waals surface area (Å²) in [6.07, 6.45) is 0.493. The molecule has 0 radical (unpaired) electrons. The van der Waals surface area contributed by atoms with Crippen molar-refractivity contribution in [2.45, 2.75) is 25.5 Å². The number of carbonyl (C=O) groups excluding carboxylic acids is 2. The topological polar surface area (TPSA) is 61.9 Å². The van der Waals surface area contributed by atoms with Crippen LogP contribution in [-0.2, 0) is 0 Å². The zero-order valence-corrected chi connectivity index (χ0v) is 13.2. The number of hydrogen-bond donors (Lipinski definition) is 1. The van der Waals surface area contributed by atoms with Gasteiger partial charge >= 0.3 is 6.03 Å². The highest BCUT2D eigenvalue weighted by molar-refractivity contribution is 5.97. The molecule has 3 rings (SSSR count). The van der Waals surface area contributed by atoms with Gasteiger partial charge in [0.15, 0.2) is 0 Å². The van der Waals surface area contributed by atoms with Gasteiger partial charge in [-0.25, -0.2) is 9.18 Å². The third-order valence-electron chi connectivity index (χ3n) is 4.32. The van der Waals surface area contributed by atoms with E-state index < -0.39 is 5.82 Å². The van der Waals surface area contributed by atoms with Gasteiger partial charge in [-0.2, -0.15) is 0 Å². The molecule has 2 aliphatic rings. The van der Waals surface area contributed by atoms with E-state index in [4.69, 9.17) is 4.74 Å². The first-order chi connectivity index (χ1) is 11.0. The van der Waals surface area contributed by atoms with Crippen LogP contribution in [0.3, 0.4) is 0 Å². The van der Waals surface area contributed by atoms with Crippen LogP contribution in [0.1, 0.15) is 23.7 Å². The zero-order chi connectivity index (χ0) is 16.6. The van der Waals surface area contributed by atoms with Gasteiger partial charge in [0.1, 0.15) is 17.7 Å². The normalized spacial score (nSPS) is 23.0. The molecule has 1 saturated heterocycles. The van der Waals surface area contributed by atoms with Crippen molar-refractivity contribution in [1.29, 1.82) is 0 Å².